The van der Waals surface area contributed by atoms with Crippen LogP contribution in [0.5, 0.6) is 5.88 Å². The highest BCUT2D eigenvalue weighted by Gasteiger charge is 2.41. The van der Waals surface area contributed by atoms with E-state index in [-0.39, 0.29) is 5.92 Å². The molecule has 0 radical (unpaired) electrons. The molecule has 2 aromatic carbocycles. The number of fused-ring (bicyclic) bond motifs is 2. The zero-order chi connectivity index (χ0) is 34.2. The molecule has 4 aromatic rings. The SMILES string of the molecule is Cc1ccc(C(c2ccc3c(nnn3C)c2C)C(C)(C)C(=O)O)cc1CN1Cc2cccnc2OC(C)(C)C1.O=C(O)C(F)(F)F. The number of carboxylic acids is 2. The van der Waals surface area contributed by atoms with Crippen molar-refractivity contribution >= 4 is 23.0 Å². The lowest BCUT2D eigenvalue weighted by Gasteiger charge is -2.33. The lowest BCUT2D eigenvalue weighted by Crippen LogP contribution is -2.40. The Labute approximate surface area is 264 Å². The Morgan fingerprint density at radius 2 is 1.74 bits per heavy atom. The normalized spacial score (nSPS) is 15.6. The number of benzene rings is 2. The fourth-order valence-electron chi connectivity index (χ4n) is 5.83. The molecule has 2 N–H and O–H groups in total. The molecule has 1 aliphatic rings. The number of hydrogen-bond donors (Lipinski definition) is 2. The maximum absolute atomic E-state index is 12.6. The molecule has 0 fully saturated rings. The lowest BCUT2D eigenvalue weighted by molar-refractivity contribution is -0.192. The smallest absolute Gasteiger partial charge is 0.481 e. The molecule has 13 heteroatoms. The minimum atomic E-state index is -5.08. The second-order valence-corrected chi connectivity index (χ2v) is 12.8. The van der Waals surface area contributed by atoms with E-state index in [2.05, 4.69) is 65.2 Å². The third-order valence-corrected chi connectivity index (χ3v) is 8.23. The van der Waals surface area contributed by atoms with Crippen LogP contribution < -0.4 is 4.74 Å². The van der Waals surface area contributed by atoms with E-state index < -0.39 is 29.1 Å². The zero-order valence-electron chi connectivity index (χ0n) is 26.8. The quantitative estimate of drug-likeness (QED) is 0.259. The van der Waals surface area contributed by atoms with Crippen LogP contribution in [0.4, 0.5) is 13.2 Å². The largest absolute Gasteiger partial charge is 0.490 e. The van der Waals surface area contributed by atoms with Crippen LogP contribution in [0.2, 0.25) is 0 Å². The number of aliphatic carboxylic acids is 2. The molecule has 0 bridgehead atoms. The summed E-state index contributed by atoms with van der Waals surface area (Å²) in [5.74, 6) is -3.29. The van der Waals surface area contributed by atoms with Gasteiger partial charge in [0.1, 0.15) is 11.1 Å². The Hall–Kier alpha value is -4.52. The molecule has 3 heterocycles. The number of ether oxygens (including phenoxy) is 1. The molecule has 10 nitrogen and oxygen atoms in total. The Balaban J connectivity index is 0.000000617. The number of carboxylic acid groups (broad SMARTS) is 2. The van der Waals surface area contributed by atoms with Crippen LogP contribution >= 0.6 is 0 Å². The number of pyridine rings is 1. The Morgan fingerprint density at radius 1 is 1.07 bits per heavy atom. The van der Waals surface area contributed by atoms with Crippen molar-refractivity contribution in [2.75, 3.05) is 6.54 Å². The van der Waals surface area contributed by atoms with Crippen LogP contribution in [-0.2, 0) is 29.7 Å². The molecular weight excluding hydrogens is 603 g/mol. The first-order valence-corrected chi connectivity index (χ1v) is 14.6. The van der Waals surface area contributed by atoms with Crippen LogP contribution in [0, 0.1) is 19.3 Å². The highest BCUT2D eigenvalue weighted by molar-refractivity contribution is 5.81. The molecule has 1 atom stereocenters. The maximum Gasteiger partial charge on any atom is 0.490 e. The summed E-state index contributed by atoms with van der Waals surface area (Å²) in [5.41, 5.74) is 6.55. The number of aromatic nitrogens is 4. The van der Waals surface area contributed by atoms with Gasteiger partial charge in [0.25, 0.3) is 0 Å². The molecule has 5 rings (SSSR count). The van der Waals surface area contributed by atoms with E-state index in [4.69, 9.17) is 14.6 Å². The van der Waals surface area contributed by atoms with E-state index in [9.17, 15) is 23.1 Å². The summed E-state index contributed by atoms with van der Waals surface area (Å²) in [4.78, 5) is 28.4. The average molecular weight is 642 g/mol. The summed E-state index contributed by atoms with van der Waals surface area (Å²) >= 11 is 0. The van der Waals surface area contributed by atoms with Gasteiger partial charge in [-0.1, -0.05) is 35.5 Å². The highest BCUT2D eigenvalue weighted by Crippen LogP contribution is 2.44. The van der Waals surface area contributed by atoms with Crippen molar-refractivity contribution in [3.63, 3.8) is 0 Å². The van der Waals surface area contributed by atoms with Gasteiger partial charge in [-0.2, -0.15) is 13.2 Å². The average Bonchev–Trinajstić information content (AvgIpc) is 3.26. The third kappa shape index (κ3) is 7.30. The van der Waals surface area contributed by atoms with Crippen molar-refractivity contribution in [2.24, 2.45) is 12.5 Å². The van der Waals surface area contributed by atoms with E-state index in [1.54, 1.807) is 24.7 Å². The monoisotopic (exact) mass is 641 g/mol. The Bertz CT molecular complexity index is 1770. The van der Waals surface area contributed by atoms with Crippen LogP contribution in [0.15, 0.2) is 48.7 Å². The molecule has 0 saturated carbocycles. The maximum atomic E-state index is 12.6. The van der Waals surface area contributed by atoms with Gasteiger partial charge in [-0.25, -0.2) is 14.5 Å². The molecule has 2 aromatic heterocycles. The van der Waals surface area contributed by atoms with E-state index in [0.29, 0.717) is 12.4 Å². The second kappa shape index (κ2) is 12.7. The summed E-state index contributed by atoms with van der Waals surface area (Å²) in [7, 11) is 1.86. The molecule has 0 amide bonds. The first-order valence-electron chi connectivity index (χ1n) is 14.6. The lowest BCUT2D eigenvalue weighted by atomic mass is 9.69. The van der Waals surface area contributed by atoms with Crippen LogP contribution in [0.1, 0.15) is 67.0 Å². The predicted molar refractivity (Wildman–Crippen MR) is 164 cm³/mol. The molecule has 1 unspecified atom stereocenters. The van der Waals surface area contributed by atoms with Crippen molar-refractivity contribution in [3.05, 3.63) is 82.0 Å². The van der Waals surface area contributed by atoms with Crippen LogP contribution in [-0.4, -0.2) is 65.4 Å². The molecule has 1 aliphatic heterocycles. The predicted octanol–water partition coefficient (Wildman–Crippen LogP) is 6.03. The van der Waals surface area contributed by atoms with Gasteiger partial charge in [0.15, 0.2) is 0 Å². The van der Waals surface area contributed by atoms with Gasteiger partial charge in [0.05, 0.1) is 10.9 Å². The van der Waals surface area contributed by atoms with Gasteiger partial charge < -0.3 is 14.9 Å². The van der Waals surface area contributed by atoms with Gasteiger partial charge in [-0.3, -0.25) is 9.69 Å². The minimum absolute atomic E-state index is 0.380. The number of nitrogens with zero attached hydrogens (tertiary/aromatic N) is 5. The molecule has 0 aliphatic carbocycles. The van der Waals surface area contributed by atoms with Gasteiger partial charge in [-0.05, 0) is 81.5 Å². The Morgan fingerprint density at radius 3 is 2.37 bits per heavy atom. The summed E-state index contributed by atoms with van der Waals surface area (Å²) in [6, 6.07) is 14.4. The fourth-order valence-corrected chi connectivity index (χ4v) is 5.83. The molecule has 46 heavy (non-hydrogen) atoms. The summed E-state index contributed by atoms with van der Waals surface area (Å²) < 4.78 is 39.7. The molecular formula is C33H38F3N5O5. The standard InChI is InChI=1S/C31H37N5O3.C2HF3O2/c1-19-10-11-21(15-23(19)17-36-16-22-9-8-14-32-28(22)39-30(3,4)18-36)26(31(5,6)29(37)38)24-12-13-25-27(20(24)2)33-34-35(25)7;3-2(4,5)1(6)7/h8-15,26H,16-18H2,1-7H3,(H,37,38);(H,6,7). The number of aryl methyl sites for hydroxylation is 3. The molecule has 0 saturated heterocycles. The van der Waals surface area contributed by atoms with Crippen LogP contribution in [0.25, 0.3) is 11.0 Å². The number of hydrogen-bond acceptors (Lipinski definition) is 7. The summed E-state index contributed by atoms with van der Waals surface area (Å²) in [6.45, 7) is 14.1. The number of halogens is 3. The summed E-state index contributed by atoms with van der Waals surface area (Å²) in [6.07, 6.45) is -3.32. The number of rotatable bonds is 6. The van der Waals surface area contributed by atoms with Crippen LogP contribution in [0.3, 0.4) is 0 Å². The zero-order valence-corrected chi connectivity index (χ0v) is 26.8. The first-order chi connectivity index (χ1) is 21.3. The topological polar surface area (TPSA) is 131 Å². The van der Waals surface area contributed by atoms with Crippen molar-refractivity contribution in [1.29, 1.82) is 0 Å². The second-order valence-electron chi connectivity index (χ2n) is 12.8. The van der Waals surface area contributed by atoms with Crippen molar-refractivity contribution in [3.8, 4) is 5.88 Å². The number of alkyl halides is 3. The Kier molecular flexibility index (Phi) is 9.49. The van der Waals surface area contributed by atoms with Gasteiger partial charge in [0.2, 0.25) is 5.88 Å². The van der Waals surface area contributed by atoms with E-state index in [1.807, 2.05) is 32.2 Å². The molecule has 246 valence electrons. The van der Waals surface area contributed by atoms with Gasteiger partial charge >= 0.3 is 18.1 Å². The van der Waals surface area contributed by atoms with Crippen molar-refractivity contribution in [1.82, 2.24) is 24.9 Å². The summed E-state index contributed by atoms with van der Waals surface area (Å²) in [5, 5.41) is 26.0. The van der Waals surface area contributed by atoms with Crippen molar-refractivity contribution in [2.45, 2.75) is 72.3 Å². The first kappa shape index (κ1) is 34.4. The van der Waals surface area contributed by atoms with Gasteiger partial charge in [-0.15, -0.1) is 5.10 Å². The van der Waals surface area contributed by atoms with E-state index in [0.717, 1.165) is 46.4 Å². The third-order valence-electron chi connectivity index (χ3n) is 8.23. The minimum Gasteiger partial charge on any atom is -0.481 e. The van der Waals surface area contributed by atoms with E-state index >= 15 is 0 Å². The number of carbonyl (C=O) groups is 2. The highest BCUT2D eigenvalue weighted by atomic mass is 19.4. The van der Waals surface area contributed by atoms with Crippen molar-refractivity contribution < 1.29 is 37.7 Å². The van der Waals surface area contributed by atoms with E-state index in [1.165, 1.54) is 11.1 Å². The molecule has 0 spiro atoms. The van der Waals surface area contributed by atoms with Gasteiger partial charge in [0, 0.05) is 44.4 Å². The fraction of sp³-hybridized carbons (Fsp3) is 0.424.